The number of hydrogen-bond donors (Lipinski definition) is 1. The van der Waals surface area contributed by atoms with Crippen LogP contribution in [0.4, 0.5) is 0 Å². The van der Waals surface area contributed by atoms with E-state index in [1.807, 2.05) is 24.3 Å². The first-order valence-electron chi connectivity index (χ1n) is 5.95. The number of benzene rings is 1. The van der Waals surface area contributed by atoms with Crippen LogP contribution in [0.15, 0.2) is 33.6 Å². The van der Waals surface area contributed by atoms with Crippen LogP contribution in [-0.2, 0) is 9.59 Å². The van der Waals surface area contributed by atoms with Gasteiger partial charge in [-0.1, -0.05) is 15.9 Å². The number of thioether (sulfide) groups is 1. The standard InChI is InChI=1S/C13H14BrNO3S/c14-10-1-3-11(4-2-10)19-8-12(16)15-6-5-9(7-15)13(17)18/h1-4,9H,5-8H2,(H,17,18). The Bertz CT molecular complexity index is 477. The molecule has 0 spiro atoms. The van der Waals surface area contributed by atoms with Crippen molar-refractivity contribution in [3.63, 3.8) is 0 Å². The van der Waals surface area contributed by atoms with Crippen molar-refractivity contribution < 1.29 is 14.7 Å². The van der Waals surface area contributed by atoms with Crippen LogP contribution in [0.2, 0.25) is 0 Å². The third kappa shape index (κ3) is 3.98. The van der Waals surface area contributed by atoms with Crippen LogP contribution in [0.1, 0.15) is 6.42 Å². The molecule has 1 aromatic carbocycles. The van der Waals surface area contributed by atoms with Crippen molar-refractivity contribution in [2.24, 2.45) is 5.92 Å². The normalized spacial score (nSPS) is 18.6. The van der Waals surface area contributed by atoms with E-state index in [2.05, 4.69) is 15.9 Å². The molecule has 6 heteroatoms. The molecule has 19 heavy (non-hydrogen) atoms. The first-order chi connectivity index (χ1) is 9.06. The van der Waals surface area contributed by atoms with Gasteiger partial charge in [-0.05, 0) is 30.7 Å². The van der Waals surface area contributed by atoms with Gasteiger partial charge in [0.2, 0.25) is 5.91 Å². The van der Waals surface area contributed by atoms with Crippen molar-refractivity contribution >= 4 is 39.6 Å². The number of nitrogens with zero attached hydrogens (tertiary/aromatic N) is 1. The maximum absolute atomic E-state index is 12.0. The third-order valence-electron chi connectivity index (χ3n) is 3.07. The largest absolute Gasteiger partial charge is 0.481 e. The topological polar surface area (TPSA) is 57.6 Å². The molecule has 0 bridgehead atoms. The van der Waals surface area contributed by atoms with E-state index in [4.69, 9.17) is 5.11 Å². The van der Waals surface area contributed by atoms with E-state index in [1.54, 1.807) is 4.90 Å². The van der Waals surface area contributed by atoms with Crippen molar-refractivity contribution in [1.29, 1.82) is 0 Å². The maximum atomic E-state index is 12.0. The number of carbonyl (C=O) groups is 2. The summed E-state index contributed by atoms with van der Waals surface area (Å²) in [5.41, 5.74) is 0. The molecule has 1 aliphatic heterocycles. The molecule has 1 N–H and O–H groups in total. The zero-order chi connectivity index (χ0) is 13.8. The number of rotatable bonds is 4. The minimum Gasteiger partial charge on any atom is -0.481 e. The van der Waals surface area contributed by atoms with Crippen molar-refractivity contribution in [3.8, 4) is 0 Å². The summed E-state index contributed by atoms with van der Waals surface area (Å²) < 4.78 is 1.01. The van der Waals surface area contributed by atoms with E-state index < -0.39 is 11.9 Å². The molecule has 1 fully saturated rings. The van der Waals surface area contributed by atoms with Crippen molar-refractivity contribution in [1.82, 2.24) is 4.90 Å². The summed E-state index contributed by atoms with van der Waals surface area (Å²) in [7, 11) is 0. The van der Waals surface area contributed by atoms with Gasteiger partial charge >= 0.3 is 5.97 Å². The third-order valence-corrected chi connectivity index (χ3v) is 4.59. The lowest BCUT2D eigenvalue weighted by Gasteiger charge is -2.15. The van der Waals surface area contributed by atoms with Gasteiger partial charge in [-0.15, -0.1) is 11.8 Å². The quantitative estimate of drug-likeness (QED) is 0.853. The number of carboxylic acids is 1. The average molecular weight is 344 g/mol. The molecule has 0 saturated carbocycles. The average Bonchev–Trinajstić information content (AvgIpc) is 2.87. The summed E-state index contributed by atoms with van der Waals surface area (Å²) in [6, 6.07) is 7.77. The Morgan fingerprint density at radius 3 is 2.63 bits per heavy atom. The minimum atomic E-state index is -0.809. The summed E-state index contributed by atoms with van der Waals surface area (Å²) in [4.78, 5) is 25.5. The van der Waals surface area contributed by atoms with Crippen LogP contribution in [-0.4, -0.2) is 40.7 Å². The molecule has 1 heterocycles. The molecule has 1 saturated heterocycles. The predicted octanol–water partition coefficient (Wildman–Crippen LogP) is 2.47. The Balaban J connectivity index is 1.82. The molecule has 4 nitrogen and oxygen atoms in total. The van der Waals surface area contributed by atoms with E-state index in [0.29, 0.717) is 25.3 Å². The fraction of sp³-hybridized carbons (Fsp3) is 0.385. The second-order valence-corrected chi connectivity index (χ2v) is 6.37. The molecule has 1 unspecified atom stereocenters. The summed E-state index contributed by atoms with van der Waals surface area (Å²) in [6.07, 6.45) is 0.560. The number of carboxylic acid groups (broad SMARTS) is 1. The molecule has 1 amide bonds. The summed E-state index contributed by atoms with van der Waals surface area (Å²) in [5, 5.41) is 8.90. The second kappa shape index (κ2) is 6.43. The van der Waals surface area contributed by atoms with E-state index in [-0.39, 0.29) is 5.91 Å². The van der Waals surface area contributed by atoms with Crippen molar-refractivity contribution in [3.05, 3.63) is 28.7 Å². The van der Waals surface area contributed by atoms with E-state index in [1.165, 1.54) is 11.8 Å². The first kappa shape index (κ1) is 14.4. The number of aliphatic carboxylic acids is 1. The van der Waals surface area contributed by atoms with Crippen LogP contribution in [0.25, 0.3) is 0 Å². The SMILES string of the molecule is O=C(O)C1CCN(C(=O)CSc2ccc(Br)cc2)C1. The molecule has 102 valence electrons. The van der Waals surface area contributed by atoms with Gasteiger partial charge in [-0.3, -0.25) is 9.59 Å². The molecular formula is C13H14BrNO3S. The van der Waals surface area contributed by atoms with Gasteiger partial charge in [-0.2, -0.15) is 0 Å². The first-order valence-corrected chi connectivity index (χ1v) is 7.73. The molecule has 1 aromatic rings. The highest BCUT2D eigenvalue weighted by Gasteiger charge is 2.30. The molecule has 1 atom stereocenters. The van der Waals surface area contributed by atoms with E-state index in [0.717, 1.165) is 9.37 Å². The Morgan fingerprint density at radius 2 is 2.05 bits per heavy atom. The maximum Gasteiger partial charge on any atom is 0.308 e. The molecule has 2 rings (SSSR count). The van der Waals surface area contributed by atoms with Crippen LogP contribution in [0.5, 0.6) is 0 Å². The fourth-order valence-corrected chi connectivity index (χ4v) is 3.02. The van der Waals surface area contributed by atoms with E-state index in [9.17, 15) is 9.59 Å². The highest BCUT2D eigenvalue weighted by atomic mass is 79.9. The van der Waals surface area contributed by atoms with Crippen LogP contribution < -0.4 is 0 Å². The number of carbonyl (C=O) groups excluding carboxylic acids is 1. The molecular weight excluding hydrogens is 330 g/mol. The van der Waals surface area contributed by atoms with Gasteiger partial charge < -0.3 is 10.0 Å². The van der Waals surface area contributed by atoms with Gasteiger partial charge in [0.1, 0.15) is 0 Å². The van der Waals surface area contributed by atoms with Crippen LogP contribution >= 0.6 is 27.7 Å². The Hall–Kier alpha value is -1.01. The Kier molecular flexibility index (Phi) is 4.87. The monoisotopic (exact) mass is 343 g/mol. The van der Waals surface area contributed by atoms with Crippen LogP contribution in [0.3, 0.4) is 0 Å². The lowest BCUT2D eigenvalue weighted by atomic mass is 10.1. The minimum absolute atomic E-state index is 0.0108. The van der Waals surface area contributed by atoms with Crippen molar-refractivity contribution in [2.75, 3.05) is 18.8 Å². The molecule has 0 aliphatic carbocycles. The van der Waals surface area contributed by atoms with Crippen molar-refractivity contribution in [2.45, 2.75) is 11.3 Å². The second-order valence-electron chi connectivity index (χ2n) is 4.41. The Morgan fingerprint density at radius 1 is 1.37 bits per heavy atom. The Labute approximate surface area is 124 Å². The number of amides is 1. The molecule has 0 radical (unpaired) electrons. The lowest BCUT2D eigenvalue weighted by molar-refractivity contribution is -0.141. The highest BCUT2D eigenvalue weighted by Crippen LogP contribution is 2.23. The molecule has 0 aromatic heterocycles. The smallest absolute Gasteiger partial charge is 0.308 e. The van der Waals surface area contributed by atoms with Crippen LogP contribution in [0, 0.1) is 5.92 Å². The summed E-state index contributed by atoms with van der Waals surface area (Å²) >= 11 is 4.83. The van der Waals surface area contributed by atoms with Gasteiger partial charge in [0, 0.05) is 22.5 Å². The zero-order valence-electron chi connectivity index (χ0n) is 10.2. The summed E-state index contributed by atoms with van der Waals surface area (Å²) in [5.74, 6) is -0.845. The zero-order valence-corrected chi connectivity index (χ0v) is 12.6. The van der Waals surface area contributed by atoms with E-state index >= 15 is 0 Å². The number of hydrogen-bond acceptors (Lipinski definition) is 3. The van der Waals surface area contributed by atoms with Gasteiger partial charge in [0.25, 0.3) is 0 Å². The highest BCUT2D eigenvalue weighted by molar-refractivity contribution is 9.10. The lowest BCUT2D eigenvalue weighted by Crippen LogP contribution is -2.31. The predicted molar refractivity (Wildman–Crippen MR) is 77.2 cm³/mol. The summed E-state index contributed by atoms with van der Waals surface area (Å²) in [6.45, 7) is 0.895. The van der Waals surface area contributed by atoms with Gasteiger partial charge in [-0.25, -0.2) is 0 Å². The number of halogens is 1. The number of likely N-dealkylation sites (tertiary alicyclic amines) is 1. The fourth-order valence-electron chi connectivity index (χ4n) is 1.96. The van der Waals surface area contributed by atoms with Gasteiger partial charge in [0.15, 0.2) is 0 Å². The molecule has 1 aliphatic rings. The van der Waals surface area contributed by atoms with Gasteiger partial charge in [0.05, 0.1) is 11.7 Å².